The predicted octanol–water partition coefficient (Wildman–Crippen LogP) is 1.27. The minimum absolute atomic E-state index is 0.0239. The fraction of sp³-hybridized carbons (Fsp3) is 0.800. The summed E-state index contributed by atoms with van der Waals surface area (Å²) in [7, 11) is 0. The molecule has 1 amide bonds. The average Bonchev–Trinajstić information content (AvgIpc) is 1.96. The zero-order valence-corrected chi connectivity index (χ0v) is 8.35. The van der Waals surface area contributed by atoms with Crippen LogP contribution in [0.1, 0.15) is 39.5 Å². The molecule has 0 aliphatic heterocycles. The topological polar surface area (TPSA) is 46.2 Å². The van der Waals surface area contributed by atoms with Crippen LogP contribution in [0.3, 0.4) is 0 Å². The number of ketones is 1. The molecule has 1 rings (SSSR count). The van der Waals surface area contributed by atoms with Gasteiger partial charge in [-0.15, -0.1) is 0 Å². The van der Waals surface area contributed by atoms with Gasteiger partial charge in [0, 0.05) is 6.54 Å². The van der Waals surface area contributed by atoms with E-state index in [9.17, 15) is 9.59 Å². The van der Waals surface area contributed by atoms with Gasteiger partial charge < -0.3 is 5.32 Å². The van der Waals surface area contributed by atoms with E-state index in [0.717, 1.165) is 6.54 Å². The Morgan fingerprint density at radius 3 is 2.38 bits per heavy atom. The van der Waals surface area contributed by atoms with Crippen molar-refractivity contribution in [3.8, 4) is 0 Å². The minimum atomic E-state index is -0.138. The van der Waals surface area contributed by atoms with Crippen LogP contribution < -0.4 is 5.32 Å². The van der Waals surface area contributed by atoms with Crippen molar-refractivity contribution in [1.82, 2.24) is 5.32 Å². The third kappa shape index (κ3) is 3.17. The Morgan fingerprint density at radius 2 is 2.00 bits per heavy atom. The van der Waals surface area contributed by atoms with Gasteiger partial charge >= 0.3 is 0 Å². The summed E-state index contributed by atoms with van der Waals surface area (Å²) in [5.74, 6) is -0.211. The van der Waals surface area contributed by atoms with Crippen LogP contribution in [0.4, 0.5) is 0 Å². The van der Waals surface area contributed by atoms with Gasteiger partial charge in [-0.3, -0.25) is 9.59 Å². The van der Waals surface area contributed by atoms with Crippen LogP contribution >= 0.6 is 0 Å². The summed E-state index contributed by atoms with van der Waals surface area (Å²) in [5.41, 5.74) is 0.298. The molecule has 1 N–H and O–H groups in total. The largest absolute Gasteiger partial charge is 0.355 e. The predicted molar refractivity (Wildman–Crippen MR) is 50.3 cm³/mol. The first-order chi connectivity index (χ1) is 6.02. The Labute approximate surface area is 78.9 Å². The molecule has 0 atom stereocenters. The van der Waals surface area contributed by atoms with Gasteiger partial charge in [0.15, 0.2) is 0 Å². The van der Waals surface area contributed by atoms with E-state index in [1.807, 2.05) is 0 Å². The van der Waals surface area contributed by atoms with Gasteiger partial charge in [-0.05, 0) is 25.2 Å². The molecule has 74 valence electrons. The Balaban J connectivity index is 2.18. The number of carbonyl (C=O) groups is 2. The highest BCUT2D eigenvalue weighted by atomic mass is 16.2. The van der Waals surface area contributed by atoms with Crippen molar-refractivity contribution < 1.29 is 9.59 Å². The summed E-state index contributed by atoms with van der Waals surface area (Å²) in [6.45, 7) is 4.33. The van der Waals surface area contributed by atoms with Crippen LogP contribution in [0.2, 0.25) is 0 Å². The third-order valence-electron chi connectivity index (χ3n) is 2.68. The normalized spacial score (nSPS) is 18.9. The molecule has 3 nitrogen and oxygen atoms in total. The van der Waals surface area contributed by atoms with Crippen molar-refractivity contribution in [2.45, 2.75) is 39.5 Å². The number of hydrogen-bond acceptors (Lipinski definition) is 2. The van der Waals surface area contributed by atoms with Crippen molar-refractivity contribution in [2.24, 2.45) is 5.41 Å². The maximum absolute atomic E-state index is 11.1. The average molecular weight is 183 g/mol. The zero-order valence-electron chi connectivity index (χ0n) is 8.35. The number of amides is 1. The smallest absolute Gasteiger partial charge is 0.227 e. The summed E-state index contributed by atoms with van der Waals surface area (Å²) in [6.07, 6.45) is 3.66. The maximum Gasteiger partial charge on any atom is 0.227 e. The van der Waals surface area contributed by atoms with E-state index >= 15 is 0 Å². The first-order valence-corrected chi connectivity index (χ1v) is 4.78. The number of rotatable bonds is 4. The second-order valence-corrected chi connectivity index (χ2v) is 4.32. The Hall–Kier alpha value is -0.860. The highest BCUT2D eigenvalue weighted by molar-refractivity contribution is 5.96. The molecule has 3 heteroatoms. The molecule has 0 heterocycles. The van der Waals surface area contributed by atoms with Gasteiger partial charge in [0.05, 0.1) is 6.42 Å². The summed E-state index contributed by atoms with van der Waals surface area (Å²) in [6, 6.07) is 0. The number of nitrogens with one attached hydrogen (secondary N) is 1. The highest BCUT2D eigenvalue weighted by Gasteiger charge is 2.31. The van der Waals surface area contributed by atoms with E-state index in [2.05, 4.69) is 12.2 Å². The summed E-state index contributed by atoms with van der Waals surface area (Å²) in [5, 5.41) is 2.80. The molecule has 1 aliphatic carbocycles. The summed E-state index contributed by atoms with van der Waals surface area (Å²) in [4.78, 5) is 21.7. The lowest BCUT2D eigenvalue weighted by molar-refractivity contribution is -0.127. The molecule has 0 spiro atoms. The molecular formula is C10H17NO2. The summed E-state index contributed by atoms with van der Waals surface area (Å²) < 4.78 is 0. The molecule has 0 aromatic carbocycles. The van der Waals surface area contributed by atoms with Crippen LogP contribution in [0.25, 0.3) is 0 Å². The molecule has 0 bridgehead atoms. The first-order valence-electron chi connectivity index (χ1n) is 4.78. The molecule has 0 unspecified atom stereocenters. The van der Waals surface area contributed by atoms with Crippen molar-refractivity contribution in [1.29, 1.82) is 0 Å². The van der Waals surface area contributed by atoms with E-state index in [4.69, 9.17) is 0 Å². The van der Waals surface area contributed by atoms with Gasteiger partial charge in [0.1, 0.15) is 5.78 Å². The Kier molecular flexibility index (Phi) is 3.07. The van der Waals surface area contributed by atoms with Gasteiger partial charge in [-0.1, -0.05) is 13.3 Å². The van der Waals surface area contributed by atoms with E-state index in [0.29, 0.717) is 5.41 Å². The van der Waals surface area contributed by atoms with E-state index < -0.39 is 0 Å². The van der Waals surface area contributed by atoms with E-state index in [1.54, 1.807) is 0 Å². The zero-order chi connectivity index (χ0) is 9.90. The van der Waals surface area contributed by atoms with Crippen LogP contribution in [-0.4, -0.2) is 18.2 Å². The molecule has 13 heavy (non-hydrogen) atoms. The maximum atomic E-state index is 11.1. The standard InChI is InChI=1S/C10H17NO2/c1-8(12)6-9(13)11-7-10(2)4-3-5-10/h3-7H2,1-2H3,(H,11,13). The van der Waals surface area contributed by atoms with Crippen LogP contribution in [0.15, 0.2) is 0 Å². The lowest BCUT2D eigenvalue weighted by atomic mass is 9.70. The van der Waals surface area contributed by atoms with Crippen molar-refractivity contribution in [3.63, 3.8) is 0 Å². The lowest BCUT2D eigenvalue weighted by Gasteiger charge is -2.38. The summed E-state index contributed by atoms with van der Waals surface area (Å²) >= 11 is 0. The lowest BCUT2D eigenvalue weighted by Crippen LogP contribution is -2.40. The van der Waals surface area contributed by atoms with Crippen LogP contribution in [0.5, 0.6) is 0 Å². The molecule has 1 aliphatic rings. The van der Waals surface area contributed by atoms with Crippen LogP contribution in [0, 0.1) is 5.41 Å². The monoisotopic (exact) mass is 183 g/mol. The fourth-order valence-electron chi connectivity index (χ4n) is 1.56. The number of carbonyl (C=O) groups excluding carboxylic acids is 2. The molecule has 0 radical (unpaired) electrons. The molecule has 1 fully saturated rings. The number of Topliss-reactive ketones (excluding diaryl/α,β-unsaturated/α-hetero) is 1. The SMILES string of the molecule is CC(=O)CC(=O)NCC1(C)CCC1. The highest BCUT2D eigenvalue weighted by Crippen LogP contribution is 2.39. The molecule has 1 saturated carbocycles. The number of hydrogen-bond donors (Lipinski definition) is 1. The minimum Gasteiger partial charge on any atom is -0.355 e. The molecule has 0 aromatic rings. The Bertz CT molecular complexity index is 219. The van der Waals surface area contributed by atoms with E-state index in [-0.39, 0.29) is 18.1 Å². The fourth-order valence-corrected chi connectivity index (χ4v) is 1.56. The van der Waals surface area contributed by atoms with Gasteiger partial charge in [-0.2, -0.15) is 0 Å². The Morgan fingerprint density at radius 1 is 1.38 bits per heavy atom. The molecule has 0 saturated heterocycles. The van der Waals surface area contributed by atoms with Crippen molar-refractivity contribution in [3.05, 3.63) is 0 Å². The molecular weight excluding hydrogens is 166 g/mol. The molecule has 0 aromatic heterocycles. The quantitative estimate of drug-likeness (QED) is 0.667. The third-order valence-corrected chi connectivity index (χ3v) is 2.68. The van der Waals surface area contributed by atoms with Crippen molar-refractivity contribution in [2.75, 3.05) is 6.54 Å². The first kappa shape index (κ1) is 10.2. The van der Waals surface area contributed by atoms with Crippen molar-refractivity contribution >= 4 is 11.7 Å². The second kappa shape index (κ2) is 3.90. The van der Waals surface area contributed by atoms with Crippen LogP contribution in [-0.2, 0) is 9.59 Å². The van der Waals surface area contributed by atoms with Gasteiger partial charge in [0.2, 0.25) is 5.91 Å². The second-order valence-electron chi connectivity index (χ2n) is 4.32. The van der Waals surface area contributed by atoms with E-state index in [1.165, 1.54) is 26.2 Å². The van der Waals surface area contributed by atoms with Gasteiger partial charge in [0.25, 0.3) is 0 Å². The van der Waals surface area contributed by atoms with Gasteiger partial charge in [-0.25, -0.2) is 0 Å².